The molecule has 1 aliphatic rings. The highest BCUT2D eigenvalue weighted by Crippen LogP contribution is 2.12. The fourth-order valence-electron chi connectivity index (χ4n) is 1.33. The molecular weight excluding hydrogens is 154 g/mol. The molecule has 1 aliphatic heterocycles. The molecule has 3 heteroatoms. The molecule has 1 heterocycles. The van der Waals surface area contributed by atoms with Gasteiger partial charge in [0, 0.05) is 6.42 Å². The van der Waals surface area contributed by atoms with Gasteiger partial charge >= 0.3 is 5.95 Å². The van der Waals surface area contributed by atoms with E-state index in [0.29, 0.717) is 0 Å². The Labute approximate surface area is 73.2 Å². The highest BCUT2D eigenvalue weighted by Gasteiger charge is 2.20. The molecule has 0 aromatic carbocycles. The SMILES string of the molecule is CO/C(O)=C/[N+]1(C)CC=CCC1. The van der Waals surface area contributed by atoms with Gasteiger partial charge in [-0.1, -0.05) is 6.08 Å². The molecule has 0 aromatic rings. The van der Waals surface area contributed by atoms with E-state index in [1.54, 1.807) is 6.20 Å². The summed E-state index contributed by atoms with van der Waals surface area (Å²) in [5.41, 5.74) is 0. The predicted molar refractivity (Wildman–Crippen MR) is 47.4 cm³/mol. The number of quaternary nitrogens is 1. The highest BCUT2D eigenvalue weighted by atomic mass is 16.6. The fraction of sp³-hybridized carbons (Fsp3) is 0.556. The average molecular weight is 170 g/mol. The second-order valence-corrected chi connectivity index (χ2v) is 3.32. The van der Waals surface area contributed by atoms with Crippen LogP contribution in [0.2, 0.25) is 0 Å². The number of nitrogens with zero attached hydrogens (tertiary/aromatic N) is 1. The smallest absolute Gasteiger partial charge is 0.332 e. The number of hydrogen-bond acceptors (Lipinski definition) is 2. The van der Waals surface area contributed by atoms with Gasteiger partial charge < -0.3 is 9.84 Å². The number of hydrogen-bond donors (Lipinski definition) is 1. The Morgan fingerprint density at radius 3 is 2.83 bits per heavy atom. The van der Waals surface area contributed by atoms with Crippen LogP contribution in [0, 0.1) is 0 Å². The summed E-state index contributed by atoms with van der Waals surface area (Å²) in [5, 5.41) is 9.17. The molecule has 0 saturated carbocycles. The first-order chi connectivity index (χ1) is 5.66. The Morgan fingerprint density at radius 1 is 1.58 bits per heavy atom. The minimum absolute atomic E-state index is 0.00722. The number of aliphatic hydroxyl groups excluding tert-OH is 1. The van der Waals surface area contributed by atoms with Gasteiger partial charge in [0.15, 0.2) is 6.20 Å². The average Bonchev–Trinajstić information content (AvgIpc) is 2.05. The molecule has 0 spiro atoms. The van der Waals surface area contributed by atoms with Gasteiger partial charge in [-0.15, -0.1) is 0 Å². The molecule has 1 unspecified atom stereocenters. The second-order valence-electron chi connectivity index (χ2n) is 3.32. The lowest BCUT2D eigenvalue weighted by Gasteiger charge is -2.30. The third-order valence-corrected chi connectivity index (χ3v) is 2.13. The third-order valence-electron chi connectivity index (χ3n) is 2.13. The van der Waals surface area contributed by atoms with Crippen molar-refractivity contribution in [1.82, 2.24) is 0 Å². The summed E-state index contributed by atoms with van der Waals surface area (Å²) in [7, 11) is 3.54. The van der Waals surface area contributed by atoms with Crippen LogP contribution in [-0.4, -0.2) is 36.8 Å². The predicted octanol–water partition coefficient (Wildman–Crippen LogP) is 1.40. The summed E-state index contributed by atoms with van der Waals surface area (Å²) in [6.45, 7) is 1.94. The molecule has 0 fully saturated rings. The normalized spacial score (nSPS) is 30.3. The molecule has 0 radical (unpaired) electrons. The molecule has 0 aliphatic carbocycles. The van der Waals surface area contributed by atoms with Gasteiger partial charge in [-0.05, 0) is 6.08 Å². The highest BCUT2D eigenvalue weighted by molar-refractivity contribution is 4.88. The van der Waals surface area contributed by atoms with Gasteiger partial charge in [0.05, 0.1) is 20.7 Å². The monoisotopic (exact) mass is 170 g/mol. The lowest BCUT2D eigenvalue weighted by Crippen LogP contribution is -2.41. The summed E-state index contributed by atoms with van der Waals surface area (Å²) < 4.78 is 5.41. The first-order valence-corrected chi connectivity index (χ1v) is 4.11. The van der Waals surface area contributed by atoms with E-state index in [1.165, 1.54) is 7.11 Å². The van der Waals surface area contributed by atoms with Crippen LogP contribution >= 0.6 is 0 Å². The van der Waals surface area contributed by atoms with E-state index in [1.807, 2.05) is 0 Å². The Hall–Kier alpha value is -0.960. The Balaban J connectivity index is 2.65. The maximum absolute atomic E-state index is 9.17. The van der Waals surface area contributed by atoms with Crippen LogP contribution in [0.15, 0.2) is 24.3 Å². The second kappa shape index (κ2) is 3.63. The molecule has 1 N–H and O–H groups in total. The minimum Gasteiger partial charge on any atom is -0.477 e. The molecule has 12 heavy (non-hydrogen) atoms. The molecule has 0 amide bonds. The molecule has 1 rings (SSSR count). The van der Waals surface area contributed by atoms with E-state index >= 15 is 0 Å². The maximum Gasteiger partial charge on any atom is 0.332 e. The van der Waals surface area contributed by atoms with Crippen molar-refractivity contribution in [2.45, 2.75) is 6.42 Å². The Bertz CT molecular complexity index is 211. The van der Waals surface area contributed by atoms with E-state index in [0.717, 1.165) is 24.0 Å². The van der Waals surface area contributed by atoms with E-state index in [9.17, 15) is 5.11 Å². The molecule has 0 aromatic heterocycles. The van der Waals surface area contributed by atoms with Crippen LogP contribution in [0.3, 0.4) is 0 Å². The number of likely N-dealkylation sites (N-methyl/N-ethyl adjacent to an activating group) is 1. The maximum atomic E-state index is 9.17. The number of rotatable bonds is 2. The van der Waals surface area contributed by atoms with Crippen molar-refractivity contribution in [3.63, 3.8) is 0 Å². The Morgan fingerprint density at radius 2 is 2.33 bits per heavy atom. The summed E-state index contributed by atoms with van der Waals surface area (Å²) in [6, 6.07) is 0. The van der Waals surface area contributed by atoms with Gasteiger partial charge in [-0.25, -0.2) is 0 Å². The van der Waals surface area contributed by atoms with Crippen LogP contribution in [-0.2, 0) is 4.74 Å². The number of ether oxygens (including phenoxy) is 1. The van der Waals surface area contributed by atoms with Crippen molar-refractivity contribution in [3.05, 3.63) is 24.3 Å². The largest absolute Gasteiger partial charge is 0.477 e. The molecule has 1 atom stereocenters. The van der Waals surface area contributed by atoms with E-state index < -0.39 is 0 Å². The zero-order valence-corrected chi connectivity index (χ0v) is 7.66. The van der Waals surface area contributed by atoms with Crippen LogP contribution in [0.25, 0.3) is 0 Å². The van der Waals surface area contributed by atoms with Gasteiger partial charge in [-0.2, -0.15) is 0 Å². The van der Waals surface area contributed by atoms with Crippen LogP contribution in [0.4, 0.5) is 0 Å². The quantitative estimate of drug-likeness (QED) is 0.385. The van der Waals surface area contributed by atoms with E-state index in [4.69, 9.17) is 4.74 Å². The summed E-state index contributed by atoms with van der Waals surface area (Å²) in [5.74, 6) is 0.00722. The topological polar surface area (TPSA) is 29.5 Å². The molecule has 0 bridgehead atoms. The van der Waals surface area contributed by atoms with Crippen molar-refractivity contribution in [1.29, 1.82) is 0 Å². The summed E-state index contributed by atoms with van der Waals surface area (Å²) >= 11 is 0. The van der Waals surface area contributed by atoms with Crippen LogP contribution in [0.1, 0.15) is 6.42 Å². The minimum atomic E-state index is 0.00722. The van der Waals surface area contributed by atoms with Gasteiger partial charge in [0.25, 0.3) is 0 Å². The van der Waals surface area contributed by atoms with Gasteiger partial charge in [0.2, 0.25) is 0 Å². The number of methoxy groups -OCH3 is 1. The fourth-order valence-corrected chi connectivity index (χ4v) is 1.33. The summed E-state index contributed by atoms with van der Waals surface area (Å²) in [4.78, 5) is 0. The van der Waals surface area contributed by atoms with Crippen molar-refractivity contribution in [2.75, 3.05) is 27.2 Å². The molecular formula is C9H16NO2+. The lowest BCUT2D eigenvalue weighted by molar-refractivity contribution is -0.856. The van der Waals surface area contributed by atoms with Gasteiger partial charge in [-0.3, -0.25) is 4.48 Å². The zero-order chi connectivity index (χ0) is 9.03. The van der Waals surface area contributed by atoms with Crippen molar-refractivity contribution in [2.24, 2.45) is 0 Å². The van der Waals surface area contributed by atoms with Gasteiger partial charge in [0.1, 0.15) is 6.54 Å². The van der Waals surface area contributed by atoms with Crippen LogP contribution < -0.4 is 0 Å². The molecule has 68 valence electrons. The van der Waals surface area contributed by atoms with Crippen molar-refractivity contribution in [3.8, 4) is 0 Å². The van der Waals surface area contributed by atoms with Crippen molar-refractivity contribution >= 4 is 0 Å². The molecule has 3 nitrogen and oxygen atoms in total. The first kappa shape index (κ1) is 9.13. The summed E-state index contributed by atoms with van der Waals surface area (Å²) in [6.07, 6.45) is 7.09. The standard InChI is InChI=1S/C9H15NO2/c1-10(8-9(11)12-2)6-4-3-5-7-10/h3-4,8H,5-7H2,1-2H3/p+1/b9-8+. The van der Waals surface area contributed by atoms with E-state index in [-0.39, 0.29) is 5.95 Å². The number of aliphatic hydroxyl groups is 1. The Kier molecular flexibility index (Phi) is 2.76. The lowest BCUT2D eigenvalue weighted by atomic mass is 10.2. The van der Waals surface area contributed by atoms with E-state index in [2.05, 4.69) is 19.2 Å². The first-order valence-electron chi connectivity index (χ1n) is 4.11. The molecule has 0 saturated heterocycles. The van der Waals surface area contributed by atoms with Crippen molar-refractivity contribution < 1.29 is 14.3 Å². The zero-order valence-electron chi connectivity index (χ0n) is 7.66. The third kappa shape index (κ3) is 2.27. The van der Waals surface area contributed by atoms with Crippen LogP contribution in [0.5, 0.6) is 0 Å².